The molecule has 1 rings (SSSR count). The van der Waals surface area contributed by atoms with Crippen LogP contribution in [0.2, 0.25) is 0 Å². The summed E-state index contributed by atoms with van der Waals surface area (Å²) in [5.74, 6) is 4.17. The van der Waals surface area contributed by atoms with E-state index in [1.165, 1.54) is 141 Å². The second kappa shape index (κ2) is 26.2. The highest BCUT2D eigenvalue weighted by molar-refractivity contribution is 4.88. The lowest BCUT2D eigenvalue weighted by molar-refractivity contribution is 0.0581. The third kappa shape index (κ3) is 18.0. The number of unbranched alkanes of at least 4 members (excludes halogenated alkanes) is 18. The van der Waals surface area contributed by atoms with Crippen LogP contribution in [0.5, 0.6) is 0 Å². The summed E-state index contributed by atoms with van der Waals surface area (Å²) >= 11 is 0. The van der Waals surface area contributed by atoms with Crippen molar-refractivity contribution >= 4 is 0 Å². The highest BCUT2D eigenvalue weighted by Gasteiger charge is 2.37. The first-order valence-electron chi connectivity index (χ1n) is 18.0. The van der Waals surface area contributed by atoms with Gasteiger partial charge >= 0.3 is 0 Å². The first-order valence-corrected chi connectivity index (χ1v) is 18.0. The molecule has 1 aliphatic carbocycles. The van der Waals surface area contributed by atoms with Crippen LogP contribution in [0.1, 0.15) is 201 Å². The van der Waals surface area contributed by atoms with Crippen LogP contribution in [0.25, 0.3) is 0 Å². The fourth-order valence-corrected chi connectivity index (χ4v) is 7.58. The Hall–Kier alpha value is -0.0400. The second-order valence-corrected chi connectivity index (χ2v) is 13.1. The molecule has 0 amide bonds. The van der Waals surface area contributed by atoms with E-state index in [2.05, 4.69) is 20.8 Å². The molecule has 0 saturated heterocycles. The lowest BCUT2D eigenvalue weighted by atomic mass is 9.61. The molecular formula is C36H73N. The molecule has 0 radical (unpaired) electrons. The van der Waals surface area contributed by atoms with Gasteiger partial charge in [0.1, 0.15) is 0 Å². The first-order chi connectivity index (χ1) is 18.3. The molecule has 1 heteroatoms. The molecule has 0 spiro atoms. The molecule has 222 valence electrons. The highest BCUT2D eigenvalue weighted by atomic mass is 14.5. The fraction of sp³-hybridized carbons (Fsp3) is 1.00. The highest BCUT2D eigenvalue weighted by Crippen LogP contribution is 2.47. The summed E-state index contributed by atoms with van der Waals surface area (Å²) in [5, 5.41) is 0. The van der Waals surface area contributed by atoms with Crippen LogP contribution in [0.15, 0.2) is 0 Å². The Morgan fingerprint density at radius 3 is 1.05 bits per heavy atom. The summed E-state index contributed by atoms with van der Waals surface area (Å²) < 4.78 is 0. The lowest BCUT2D eigenvalue weighted by Gasteiger charge is -2.44. The summed E-state index contributed by atoms with van der Waals surface area (Å²) in [7, 11) is 0. The maximum absolute atomic E-state index is 5.71. The van der Waals surface area contributed by atoms with Crippen molar-refractivity contribution in [3.8, 4) is 0 Å². The van der Waals surface area contributed by atoms with Gasteiger partial charge in [0.05, 0.1) is 0 Å². The quantitative estimate of drug-likeness (QED) is 0.107. The molecule has 0 aromatic heterocycles. The number of hydrogen-bond acceptors (Lipinski definition) is 1. The Bertz CT molecular complexity index is 446. The van der Waals surface area contributed by atoms with Crippen LogP contribution in [0, 0.1) is 23.7 Å². The van der Waals surface area contributed by atoms with E-state index in [4.69, 9.17) is 5.73 Å². The van der Waals surface area contributed by atoms with E-state index < -0.39 is 0 Å². The molecule has 4 atom stereocenters. The molecule has 1 nitrogen and oxygen atoms in total. The van der Waals surface area contributed by atoms with E-state index in [0.717, 1.165) is 30.2 Å². The SMILES string of the molecule is CCCCCCCCC1CCC(CCCCCC)C(CCCCCCCC)C1CCCCCCCCN. The van der Waals surface area contributed by atoms with Gasteiger partial charge in [0, 0.05) is 0 Å². The molecule has 0 aromatic carbocycles. The largest absolute Gasteiger partial charge is 0.330 e. The van der Waals surface area contributed by atoms with Crippen molar-refractivity contribution in [2.45, 2.75) is 201 Å². The fourth-order valence-electron chi connectivity index (χ4n) is 7.58. The van der Waals surface area contributed by atoms with Crippen LogP contribution in [-0.4, -0.2) is 6.54 Å². The number of hydrogen-bond donors (Lipinski definition) is 1. The Morgan fingerprint density at radius 2 is 0.676 bits per heavy atom. The van der Waals surface area contributed by atoms with Gasteiger partial charge in [-0.15, -0.1) is 0 Å². The predicted molar refractivity (Wildman–Crippen MR) is 169 cm³/mol. The Kier molecular flexibility index (Phi) is 24.8. The molecule has 0 aromatic rings. The van der Waals surface area contributed by atoms with Gasteiger partial charge in [-0.3, -0.25) is 0 Å². The molecule has 4 unspecified atom stereocenters. The average Bonchev–Trinajstić information content (AvgIpc) is 2.91. The Labute approximate surface area is 236 Å². The standard InChI is InChI=1S/C36H73N/c1-4-7-10-13-17-22-27-34-31-30-33(26-21-12-9-6-3)35(28-23-18-14-11-8-5-2)36(34)29-24-19-15-16-20-25-32-37/h33-36H,4-32,37H2,1-3H3. The first kappa shape index (κ1) is 35.0. The molecule has 0 bridgehead atoms. The Morgan fingerprint density at radius 1 is 0.378 bits per heavy atom. The second-order valence-electron chi connectivity index (χ2n) is 13.1. The maximum Gasteiger partial charge on any atom is -0.00773 e. The summed E-state index contributed by atoms with van der Waals surface area (Å²) in [6, 6.07) is 0. The molecular weight excluding hydrogens is 446 g/mol. The minimum Gasteiger partial charge on any atom is -0.330 e. The van der Waals surface area contributed by atoms with Crippen molar-refractivity contribution in [3.05, 3.63) is 0 Å². The van der Waals surface area contributed by atoms with Gasteiger partial charge in [-0.1, -0.05) is 168 Å². The minimum atomic E-state index is 0.877. The molecule has 0 aliphatic heterocycles. The van der Waals surface area contributed by atoms with Crippen LogP contribution < -0.4 is 5.73 Å². The van der Waals surface area contributed by atoms with E-state index >= 15 is 0 Å². The van der Waals surface area contributed by atoms with Crippen LogP contribution in [0.3, 0.4) is 0 Å². The van der Waals surface area contributed by atoms with Crippen molar-refractivity contribution in [2.75, 3.05) is 6.54 Å². The summed E-state index contributed by atoms with van der Waals surface area (Å²) in [5.41, 5.74) is 5.71. The third-order valence-electron chi connectivity index (χ3n) is 9.91. The minimum absolute atomic E-state index is 0.877. The van der Waals surface area contributed by atoms with E-state index in [9.17, 15) is 0 Å². The molecule has 1 aliphatic rings. The number of rotatable bonds is 27. The third-order valence-corrected chi connectivity index (χ3v) is 9.91. The van der Waals surface area contributed by atoms with Crippen LogP contribution in [-0.2, 0) is 0 Å². The van der Waals surface area contributed by atoms with Gasteiger partial charge in [-0.2, -0.15) is 0 Å². The van der Waals surface area contributed by atoms with Crippen molar-refractivity contribution in [1.29, 1.82) is 0 Å². The summed E-state index contributed by atoms with van der Waals surface area (Å²) in [6.07, 6.45) is 41.0. The average molecular weight is 520 g/mol. The predicted octanol–water partition coefficient (Wildman–Crippen LogP) is 12.4. The zero-order valence-corrected chi connectivity index (χ0v) is 26.4. The van der Waals surface area contributed by atoms with Gasteiger partial charge in [-0.05, 0) is 62.3 Å². The van der Waals surface area contributed by atoms with Crippen molar-refractivity contribution < 1.29 is 0 Å². The zero-order valence-electron chi connectivity index (χ0n) is 26.4. The molecule has 1 saturated carbocycles. The van der Waals surface area contributed by atoms with Crippen LogP contribution >= 0.6 is 0 Å². The molecule has 1 fully saturated rings. The zero-order chi connectivity index (χ0) is 26.8. The van der Waals surface area contributed by atoms with Gasteiger partial charge in [0.25, 0.3) is 0 Å². The monoisotopic (exact) mass is 520 g/mol. The van der Waals surface area contributed by atoms with E-state index in [0.29, 0.717) is 0 Å². The van der Waals surface area contributed by atoms with Crippen LogP contribution in [0.4, 0.5) is 0 Å². The van der Waals surface area contributed by atoms with Crippen molar-refractivity contribution in [1.82, 2.24) is 0 Å². The van der Waals surface area contributed by atoms with E-state index in [1.807, 2.05) is 0 Å². The molecule has 0 heterocycles. The normalized spacial score (nSPS) is 22.1. The topological polar surface area (TPSA) is 26.0 Å². The lowest BCUT2D eigenvalue weighted by Crippen LogP contribution is -2.35. The van der Waals surface area contributed by atoms with Gasteiger partial charge in [-0.25, -0.2) is 0 Å². The van der Waals surface area contributed by atoms with E-state index in [-0.39, 0.29) is 0 Å². The van der Waals surface area contributed by atoms with Gasteiger partial charge in [0.15, 0.2) is 0 Å². The van der Waals surface area contributed by atoms with Crippen molar-refractivity contribution in [3.63, 3.8) is 0 Å². The molecule has 2 N–H and O–H groups in total. The van der Waals surface area contributed by atoms with Gasteiger partial charge < -0.3 is 5.73 Å². The van der Waals surface area contributed by atoms with E-state index in [1.54, 1.807) is 38.5 Å². The van der Waals surface area contributed by atoms with Crippen molar-refractivity contribution in [2.24, 2.45) is 29.4 Å². The molecule has 37 heavy (non-hydrogen) atoms. The van der Waals surface area contributed by atoms with Gasteiger partial charge in [0.2, 0.25) is 0 Å². The summed E-state index contributed by atoms with van der Waals surface area (Å²) in [6.45, 7) is 7.92. The Balaban J connectivity index is 2.71. The summed E-state index contributed by atoms with van der Waals surface area (Å²) in [4.78, 5) is 0. The maximum atomic E-state index is 5.71. The smallest absolute Gasteiger partial charge is 0.00773 e. The number of nitrogens with two attached hydrogens (primary N) is 1.